The lowest BCUT2D eigenvalue weighted by molar-refractivity contribution is 0.0993. The molecule has 1 N–H and O–H groups in total. The quantitative estimate of drug-likeness (QED) is 0.928. The summed E-state index contributed by atoms with van der Waals surface area (Å²) in [7, 11) is 3.38. The number of anilines is 2. The van der Waals surface area contributed by atoms with Gasteiger partial charge in [-0.2, -0.15) is 5.26 Å². The first kappa shape index (κ1) is 15.0. The van der Waals surface area contributed by atoms with E-state index >= 15 is 0 Å². The molecule has 2 rings (SSSR count). The maximum atomic E-state index is 12.6. The van der Waals surface area contributed by atoms with Crippen LogP contribution in [0, 0.1) is 11.3 Å². The molecule has 0 atom stereocenters. The van der Waals surface area contributed by atoms with Crippen LogP contribution in [0.3, 0.4) is 0 Å². The Hall–Kier alpha value is -2.39. The third-order valence-corrected chi connectivity index (χ3v) is 3.42. The Bertz CT molecular complexity index is 724. The van der Waals surface area contributed by atoms with Crippen molar-refractivity contribution >= 4 is 33.3 Å². The molecule has 0 saturated carbocycles. The van der Waals surface area contributed by atoms with Gasteiger partial charge in [0.05, 0.1) is 17.2 Å². The second kappa shape index (κ2) is 6.37. The smallest absolute Gasteiger partial charge is 0.261 e. The minimum atomic E-state index is -0.205. The predicted octanol–water partition coefficient (Wildman–Crippen LogP) is 3.03. The van der Waals surface area contributed by atoms with Crippen LogP contribution in [0.4, 0.5) is 11.5 Å². The Kier molecular flexibility index (Phi) is 4.55. The standard InChI is InChI=1S/C15H13BrN4O/c1-18-14-13(7-11(16)9-19-14)15(21)20(2)12-5-3-4-10(6-12)8-17/h3-7,9H,1-2H3,(H,18,19). The summed E-state index contributed by atoms with van der Waals surface area (Å²) in [6.07, 6.45) is 1.62. The highest BCUT2D eigenvalue weighted by atomic mass is 79.9. The molecule has 0 spiro atoms. The van der Waals surface area contributed by atoms with Crippen molar-refractivity contribution in [1.29, 1.82) is 5.26 Å². The molecule has 0 aliphatic heterocycles. The van der Waals surface area contributed by atoms with Crippen molar-refractivity contribution in [2.45, 2.75) is 0 Å². The normalized spacial score (nSPS) is 9.81. The fraction of sp³-hybridized carbons (Fsp3) is 0.133. The zero-order chi connectivity index (χ0) is 15.4. The van der Waals surface area contributed by atoms with Gasteiger partial charge in [-0.15, -0.1) is 0 Å². The number of nitrogens with zero attached hydrogens (tertiary/aromatic N) is 3. The van der Waals surface area contributed by atoms with Gasteiger partial charge in [0.25, 0.3) is 5.91 Å². The number of pyridine rings is 1. The van der Waals surface area contributed by atoms with Crippen molar-refractivity contribution in [3.8, 4) is 6.07 Å². The lowest BCUT2D eigenvalue weighted by Crippen LogP contribution is -2.27. The van der Waals surface area contributed by atoms with Gasteiger partial charge in [0, 0.05) is 30.5 Å². The summed E-state index contributed by atoms with van der Waals surface area (Å²) in [5, 5.41) is 11.8. The van der Waals surface area contributed by atoms with E-state index in [2.05, 4.69) is 32.3 Å². The minimum absolute atomic E-state index is 0.205. The summed E-state index contributed by atoms with van der Waals surface area (Å²) in [4.78, 5) is 18.3. The second-order valence-corrected chi connectivity index (χ2v) is 5.24. The van der Waals surface area contributed by atoms with E-state index in [0.29, 0.717) is 22.6 Å². The third kappa shape index (κ3) is 3.20. The molecule has 0 aliphatic rings. The fourth-order valence-electron chi connectivity index (χ4n) is 1.88. The molecular formula is C15H13BrN4O. The van der Waals surface area contributed by atoms with E-state index in [1.807, 2.05) is 0 Å². The summed E-state index contributed by atoms with van der Waals surface area (Å²) in [6.45, 7) is 0. The lowest BCUT2D eigenvalue weighted by Gasteiger charge is -2.19. The first-order valence-electron chi connectivity index (χ1n) is 6.18. The molecule has 1 amide bonds. The van der Waals surface area contributed by atoms with Gasteiger partial charge >= 0.3 is 0 Å². The molecule has 2 aromatic rings. The van der Waals surface area contributed by atoms with Crippen molar-refractivity contribution in [3.63, 3.8) is 0 Å². The van der Waals surface area contributed by atoms with Crippen LogP contribution >= 0.6 is 15.9 Å². The number of nitriles is 1. The van der Waals surface area contributed by atoms with Gasteiger partial charge in [0.15, 0.2) is 0 Å². The second-order valence-electron chi connectivity index (χ2n) is 4.33. The average Bonchev–Trinajstić information content (AvgIpc) is 2.53. The summed E-state index contributed by atoms with van der Waals surface area (Å²) in [5.41, 5.74) is 1.62. The Morgan fingerprint density at radius 3 is 2.86 bits per heavy atom. The first-order valence-corrected chi connectivity index (χ1v) is 6.97. The van der Waals surface area contributed by atoms with Gasteiger partial charge in [-0.3, -0.25) is 4.79 Å². The molecule has 6 heteroatoms. The van der Waals surface area contributed by atoms with Crippen LogP contribution in [0.5, 0.6) is 0 Å². The summed E-state index contributed by atoms with van der Waals surface area (Å²) in [6, 6.07) is 10.7. The molecule has 5 nitrogen and oxygen atoms in total. The molecular weight excluding hydrogens is 332 g/mol. The van der Waals surface area contributed by atoms with Crippen molar-refractivity contribution < 1.29 is 4.79 Å². The van der Waals surface area contributed by atoms with E-state index < -0.39 is 0 Å². The lowest BCUT2D eigenvalue weighted by atomic mass is 10.1. The first-order chi connectivity index (χ1) is 10.1. The highest BCUT2D eigenvalue weighted by molar-refractivity contribution is 9.10. The molecule has 1 heterocycles. The van der Waals surface area contributed by atoms with Crippen LogP contribution in [0.15, 0.2) is 41.0 Å². The summed E-state index contributed by atoms with van der Waals surface area (Å²) >= 11 is 3.32. The van der Waals surface area contributed by atoms with Crippen LogP contribution < -0.4 is 10.2 Å². The number of amides is 1. The highest BCUT2D eigenvalue weighted by Crippen LogP contribution is 2.22. The van der Waals surface area contributed by atoms with Crippen molar-refractivity contribution in [2.75, 3.05) is 24.3 Å². The van der Waals surface area contributed by atoms with Crippen LogP contribution in [0.25, 0.3) is 0 Å². The number of rotatable bonds is 3. The number of aromatic nitrogens is 1. The van der Waals surface area contributed by atoms with E-state index in [4.69, 9.17) is 5.26 Å². The third-order valence-electron chi connectivity index (χ3n) is 2.99. The maximum Gasteiger partial charge on any atom is 0.261 e. The zero-order valence-electron chi connectivity index (χ0n) is 11.6. The zero-order valence-corrected chi connectivity index (χ0v) is 13.2. The van der Waals surface area contributed by atoms with Crippen molar-refractivity contribution in [2.24, 2.45) is 0 Å². The van der Waals surface area contributed by atoms with Crippen LogP contribution in [-0.2, 0) is 0 Å². The van der Waals surface area contributed by atoms with Crippen LogP contribution in [0.2, 0.25) is 0 Å². The Labute approximate surface area is 131 Å². The number of benzene rings is 1. The highest BCUT2D eigenvalue weighted by Gasteiger charge is 2.18. The van der Waals surface area contributed by atoms with E-state index in [1.165, 1.54) is 4.90 Å². The largest absolute Gasteiger partial charge is 0.372 e. The van der Waals surface area contributed by atoms with Crippen molar-refractivity contribution in [1.82, 2.24) is 4.98 Å². The van der Waals surface area contributed by atoms with Gasteiger partial charge in [0.1, 0.15) is 5.82 Å². The predicted molar refractivity (Wildman–Crippen MR) is 85.4 cm³/mol. The molecule has 21 heavy (non-hydrogen) atoms. The van der Waals surface area contributed by atoms with Crippen molar-refractivity contribution in [3.05, 3.63) is 52.1 Å². The molecule has 0 radical (unpaired) electrons. The van der Waals surface area contributed by atoms with Gasteiger partial charge in [0.2, 0.25) is 0 Å². The van der Waals surface area contributed by atoms with E-state index in [-0.39, 0.29) is 5.91 Å². The molecule has 0 bridgehead atoms. The number of carbonyl (C=O) groups excluding carboxylic acids is 1. The van der Waals surface area contributed by atoms with Gasteiger partial charge < -0.3 is 10.2 Å². The monoisotopic (exact) mass is 344 g/mol. The minimum Gasteiger partial charge on any atom is -0.372 e. The Balaban J connectivity index is 2.39. The van der Waals surface area contributed by atoms with Gasteiger partial charge in [-0.25, -0.2) is 4.98 Å². The number of hydrogen-bond donors (Lipinski definition) is 1. The maximum absolute atomic E-state index is 12.6. The Morgan fingerprint density at radius 2 is 2.19 bits per heavy atom. The van der Waals surface area contributed by atoms with Crippen LogP contribution in [0.1, 0.15) is 15.9 Å². The molecule has 0 fully saturated rings. The fourth-order valence-corrected chi connectivity index (χ4v) is 2.21. The van der Waals surface area contributed by atoms with Gasteiger partial charge in [-0.05, 0) is 40.2 Å². The molecule has 0 unspecified atom stereocenters. The summed E-state index contributed by atoms with van der Waals surface area (Å²) in [5.74, 6) is 0.301. The molecule has 106 valence electrons. The molecule has 0 aliphatic carbocycles. The number of nitrogens with one attached hydrogen (secondary N) is 1. The SMILES string of the molecule is CNc1ncc(Br)cc1C(=O)N(C)c1cccc(C#N)c1. The molecule has 1 aromatic heterocycles. The van der Waals surface area contributed by atoms with E-state index in [0.717, 1.165) is 4.47 Å². The van der Waals surface area contributed by atoms with E-state index in [9.17, 15) is 4.79 Å². The topological polar surface area (TPSA) is 69.0 Å². The van der Waals surface area contributed by atoms with Gasteiger partial charge in [-0.1, -0.05) is 6.07 Å². The molecule has 0 saturated heterocycles. The summed E-state index contributed by atoms with van der Waals surface area (Å²) < 4.78 is 0.726. The van der Waals surface area contributed by atoms with E-state index in [1.54, 1.807) is 50.6 Å². The number of carbonyl (C=O) groups is 1. The Morgan fingerprint density at radius 1 is 1.43 bits per heavy atom. The van der Waals surface area contributed by atoms with Crippen LogP contribution in [-0.4, -0.2) is 25.0 Å². The number of halogens is 1. The average molecular weight is 345 g/mol. The molecule has 1 aromatic carbocycles. The number of hydrogen-bond acceptors (Lipinski definition) is 4.